The number of aromatic nitrogens is 3. The second-order valence-electron chi connectivity index (χ2n) is 5.91. The molecule has 3 heterocycles. The van der Waals surface area contributed by atoms with Gasteiger partial charge in [-0.05, 0) is 43.5 Å². The van der Waals surface area contributed by atoms with E-state index >= 15 is 0 Å². The van der Waals surface area contributed by atoms with Crippen molar-refractivity contribution in [3.63, 3.8) is 0 Å². The third kappa shape index (κ3) is 3.04. The first-order valence-corrected chi connectivity index (χ1v) is 8.82. The topological polar surface area (TPSA) is 59.3 Å². The van der Waals surface area contributed by atoms with Crippen LogP contribution in [0.5, 0.6) is 0 Å². The predicted octanol–water partition coefficient (Wildman–Crippen LogP) is 4.33. The number of benzene rings is 1. The number of amides is 1. The van der Waals surface area contributed by atoms with Gasteiger partial charge in [0.15, 0.2) is 5.65 Å². The first kappa shape index (κ1) is 15.5. The summed E-state index contributed by atoms with van der Waals surface area (Å²) in [4.78, 5) is 17.0. The van der Waals surface area contributed by atoms with E-state index in [2.05, 4.69) is 15.4 Å². The summed E-state index contributed by atoms with van der Waals surface area (Å²) in [5.74, 6) is -0.229. The second-order valence-corrected chi connectivity index (χ2v) is 6.69. The average molecular weight is 348 g/mol. The van der Waals surface area contributed by atoms with E-state index in [0.29, 0.717) is 11.3 Å². The number of hydrogen-bond donors (Lipinski definition) is 1. The van der Waals surface area contributed by atoms with Crippen molar-refractivity contribution in [2.24, 2.45) is 0 Å². The summed E-state index contributed by atoms with van der Waals surface area (Å²) in [6, 6.07) is 13.4. The lowest BCUT2D eigenvalue weighted by Gasteiger charge is -2.06. The molecule has 25 heavy (non-hydrogen) atoms. The van der Waals surface area contributed by atoms with Crippen molar-refractivity contribution in [3.05, 3.63) is 70.2 Å². The number of nitrogens with zero attached hydrogens (tertiary/aromatic N) is 3. The minimum absolute atomic E-state index is 0.229. The first-order valence-electron chi connectivity index (χ1n) is 7.88. The van der Waals surface area contributed by atoms with Gasteiger partial charge in [-0.15, -0.1) is 0 Å². The Hall–Kier alpha value is -2.99. The van der Waals surface area contributed by atoms with Gasteiger partial charge < -0.3 is 5.32 Å². The third-order valence-electron chi connectivity index (χ3n) is 3.96. The molecular weight excluding hydrogens is 332 g/mol. The molecule has 1 amide bonds. The molecule has 0 atom stereocenters. The molecule has 0 radical (unpaired) electrons. The lowest BCUT2D eigenvalue weighted by molar-refractivity contribution is 0.102. The van der Waals surface area contributed by atoms with Crippen LogP contribution in [0.15, 0.2) is 53.2 Å². The van der Waals surface area contributed by atoms with E-state index in [4.69, 9.17) is 0 Å². The molecule has 0 aliphatic heterocycles. The number of nitrogens with one attached hydrogen (secondary N) is 1. The number of anilines is 1. The number of fused-ring (bicyclic) bond motifs is 1. The molecule has 0 bridgehead atoms. The molecule has 0 saturated heterocycles. The SMILES string of the molecule is Cc1ccc(NC(=O)c2cc(C)n3nc(-c4ccsc4)cc3n2)cc1. The maximum atomic E-state index is 12.5. The summed E-state index contributed by atoms with van der Waals surface area (Å²) in [6.07, 6.45) is 0. The smallest absolute Gasteiger partial charge is 0.274 e. The minimum atomic E-state index is -0.229. The highest BCUT2D eigenvalue weighted by Crippen LogP contribution is 2.22. The van der Waals surface area contributed by atoms with E-state index < -0.39 is 0 Å². The molecule has 4 aromatic rings. The minimum Gasteiger partial charge on any atom is -0.321 e. The standard InChI is InChI=1S/C19H16N4OS/c1-12-3-5-15(6-4-12)20-19(24)17-9-13(2)23-18(21-17)10-16(22-23)14-7-8-25-11-14/h3-11H,1-2H3,(H,20,24). The van der Waals surface area contributed by atoms with Crippen molar-refractivity contribution >= 4 is 28.6 Å². The summed E-state index contributed by atoms with van der Waals surface area (Å²) < 4.78 is 1.76. The maximum Gasteiger partial charge on any atom is 0.274 e. The van der Waals surface area contributed by atoms with Crippen molar-refractivity contribution < 1.29 is 4.79 Å². The van der Waals surface area contributed by atoms with Gasteiger partial charge in [0, 0.05) is 28.4 Å². The molecule has 4 rings (SSSR count). The maximum absolute atomic E-state index is 12.5. The largest absolute Gasteiger partial charge is 0.321 e. The van der Waals surface area contributed by atoms with E-state index in [-0.39, 0.29) is 5.91 Å². The molecule has 6 heteroatoms. The molecule has 3 aromatic heterocycles. The highest BCUT2D eigenvalue weighted by Gasteiger charge is 2.13. The van der Waals surface area contributed by atoms with Crippen molar-refractivity contribution in [2.45, 2.75) is 13.8 Å². The highest BCUT2D eigenvalue weighted by atomic mass is 32.1. The summed E-state index contributed by atoms with van der Waals surface area (Å²) in [7, 11) is 0. The molecule has 5 nitrogen and oxygen atoms in total. The zero-order valence-corrected chi connectivity index (χ0v) is 14.7. The Bertz CT molecular complexity index is 1050. The Balaban J connectivity index is 1.67. The molecule has 124 valence electrons. The fraction of sp³-hybridized carbons (Fsp3) is 0.105. The van der Waals surface area contributed by atoms with Gasteiger partial charge in [-0.1, -0.05) is 17.7 Å². The van der Waals surface area contributed by atoms with Gasteiger partial charge in [-0.3, -0.25) is 4.79 Å². The lowest BCUT2D eigenvalue weighted by Crippen LogP contribution is -2.15. The van der Waals surface area contributed by atoms with Crippen LogP contribution >= 0.6 is 11.3 Å². The number of aryl methyl sites for hydroxylation is 2. The molecular formula is C19H16N4OS. The van der Waals surface area contributed by atoms with Crippen LogP contribution in [0.2, 0.25) is 0 Å². The third-order valence-corrected chi connectivity index (χ3v) is 4.65. The second kappa shape index (κ2) is 6.14. The van der Waals surface area contributed by atoms with E-state index in [1.165, 1.54) is 0 Å². The Kier molecular flexibility index (Phi) is 3.82. The molecule has 1 N–H and O–H groups in total. The zero-order chi connectivity index (χ0) is 17.4. The van der Waals surface area contributed by atoms with E-state index in [1.54, 1.807) is 21.9 Å². The van der Waals surface area contributed by atoms with E-state index in [1.807, 2.05) is 61.0 Å². The van der Waals surface area contributed by atoms with Crippen molar-refractivity contribution in [2.75, 3.05) is 5.32 Å². The zero-order valence-electron chi connectivity index (χ0n) is 13.9. The van der Waals surface area contributed by atoms with Gasteiger partial charge in [0.2, 0.25) is 0 Å². The average Bonchev–Trinajstić information content (AvgIpc) is 3.25. The van der Waals surface area contributed by atoms with E-state index in [0.717, 1.165) is 28.2 Å². The number of hydrogen-bond acceptors (Lipinski definition) is 4. The molecule has 0 aliphatic carbocycles. The van der Waals surface area contributed by atoms with Gasteiger partial charge in [0.1, 0.15) is 5.69 Å². The van der Waals surface area contributed by atoms with Gasteiger partial charge in [-0.25, -0.2) is 9.50 Å². The predicted molar refractivity (Wildman–Crippen MR) is 100 cm³/mol. The molecule has 0 aliphatic rings. The van der Waals surface area contributed by atoms with Crippen molar-refractivity contribution in [3.8, 4) is 11.3 Å². The molecule has 0 saturated carbocycles. The van der Waals surface area contributed by atoms with Gasteiger partial charge in [-0.2, -0.15) is 16.4 Å². The van der Waals surface area contributed by atoms with E-state index in [9.17, 15) is 4.79 Å². The fourth-order valence-electron chi connectivity index (χ4n) is 2.62. The van der Waals surface area contributed by atoms with Gasteiger partial charge in [0.25, 0.3) is 5.91 Å². The van der Waals surface area contributed by atoms with Crippen molar-refractivity contribution in [1.29, 1.82) is 0 Å². The van der Waals surface area contributed by atoms with Crippen LogP contribution in [0.25, 0.3) is 16.9 Å². The fourth-order valence-corrected chi connectivity index (χ4v) is 3.27. The van der Waals surface area contributed by atoms with Crippen LogP contribution < -0.4 is 5.32 Å². The number of thiophene rings is 1. The Morgan fingerprint density at radius 2 is 1.92 bits per heavy atom. The Morgan fingerprint density at radius 3 is 2.64 bits per heavy atom. The molecule has 0 unspecified atom stereocenters. The number of rotatable bonds is 3. The molecule has 0 spiro atoms. The van der Waals surface area contributed by atoms with Crippen LogP contribution in [0.4, 0.5) is 5.69 Å². The van der Waals surface area contributed by atoms with Crippen molar-refractivity contribution in [1.82, 2.24) is 14.6 Å². The monoisotopic (exact) mass is 348 g/mol. The number of carbonyl (C=O) groups is 1. The van der Waals surface area contributed by atoms with Crippen LogP contribution in [0, 0.1) is 13.8 Å². The normalized spacial score (nSPS) is 11.0. The lowest BCUT2D eigenvalue weighted by atomic mass is 10.2. The quantitative estimate of drug-likeness (QED) is 0.599. The highest BCUT2D eigenvalue weighted by molar-refractivity contribution is 7.08. The Morgan fingerprint density at radius 1 is 1.12 bits per heavy atom. The Labute approximate surface area is 149 Å². The van der Waals surface area contributed by atoms with Gasteiger partial charge in [0.05, 0.1) is 5.69 Å². The molecule has 0 fully saturated rings. The summed E-state index contributed by atoms with van der Waals surface area (Å²) in [5.41, 5.74) is 5.71. The summed E-state index contributed by atoms with van der Waals surface area (Å²) in [5, 5.41) is 11.5. The first-order chi connectivity index (χ1) is 12.1. The summed E-state index contributed by atoms with van der Waals surface area (Å²) in [6.45, 7) is 3.93. The van der Waals surface area contributed by atoms with Crippen LogP contribution in [-0.2, 0) is 0 Å². The number of carbonyl (C=O) groups excluding carboxylic acids is 1. The van der Waals surface area contributed by atoms with Crippen LogP contribution in [-0.4, -0.2) is 20.5 Å². The van der Waals surface area contributed by atoms with Gasteiger partial charge >= 0.3 is 0 Å². The summed E-state index contributed by atoms with van der Waals surface area (Å²) >= 11 is 1.62. The van der Waals surface area contributed by atoms with Crippen LogP contribution in [0.3, 0.4) is 0 Å². The van der Waals surface area contributed by atoms with Crippen LogP contribution in [0.1, 0.15) is 21.7 Å². The molecule has 1 aromatic carbocycles.